The second-order valence-corrected chi connectivity index (χ2v) is 7.68. The number of hydrogen-bond donors (Lipinski definition) is 1. The lowest BCUT2D eigenvalue weighted by Crippen LogP contribution is -2.34. The number of aliphatic hydroxyl groups excluding tert-OH is 1. The van der Waals surface area contributed by atoms with Gasteiger partial charge < -0.3 is 9.52 Å². The number of alkyl halides is 5. The summed E-state index contributed by atoms with van der Waals surface area (Å²) in [6.07, 6.45) is -3.40. The molecular weight excluding hydrogens is 457 g/mol. The standard InChI is InChI=1S/C19H10F5N5O2S/c20-18(21,19(22,23)24)14-4-11(13-3-9(6-30)7-32-13)10-1-2-15-26-12(17-28-25-8-31-17)5-29(15)16(10)27-14/h1-5,7-8,30H,6H2. The predicted octanol–water partition coefficient (Wildman–Crippen LogP) is 4.81. The van der Waals surface area contributed by atoms with Gasteiger partial charge in [-0.15, -0.1) is 21.5 Å². The number of fused-ring (bicyclic) bond motifs is 3. The Bertz CT molecular complexity index is 1440. The summed E-state index contributed by atoms with van der Waals surface area (Å²) in [7, 11) is 0. The van der Waals surface area contributed by atoms with Crippen molar-refractivity contribution in [2.75, 3.05) is 0 Å². The topological polar surface area (TPSA) is 89.3 Å². The molecule has 0 saturated carbocycles. The van der Waals surface area contributed by atoms with Crippen LogP contribution < -0.4 is 0 Å². The number of thiophene rings is 1. The summed E-state index contributed by atoms with van der Waals surface area (Å²) >= 11 is 1.11. The molecule has 0 fully saturated rings. The number of imidazole rings is 1. The molecular formula is C19H10F5N5O2S. The van der Waals surface area contributed by atoms with Gasteiger partial charge in [-0.3, -0.25) is 4.40 Å². The number of aliphatic hydroxyl groups is 1. The van der Waals surface area contributed by atoms with E-state index in [1.807, 2.05) is 0 Å². The molecule has 0 unspecified atom stereocenters. The van der Waals surface area contributed by atoms with E-state index in [1.165, 1.54) is 22.7 Å². The first kappa shape index (κ1) is 20.5. The molecule has 0 aliphatic heterocycles. The van der Waals surface area contributed by atoms with Crippen LogP contribution in [0.15, 0.2) is 46.7 Å². The number of aromatic nitrogens is 5. The Morgan fingerprint density at radius 2 is 1.91 bits per heavy atom. The van der Waals surface area contributed by atoms with Gasteiger partial charge in [0.15, 0.2) is 0 Å². The van der Waals surface area contributed by atoms with Crippen molar-refractivity contribution in [1.82, 2.24) is 24.6 Å². The lowest BCUT2D eigenvalue weighted by molar-refractivity contribution is -0.290. The van der Waals surface area contributed by atoms with Crippen LogP contribution in [-0.4, -0.2) is 35.8 Å². The average Bonchev–Trinajstić information content (AvgIpc) is 3.51. The van der Waals surface area contributed by atoms with Crippen LogP contribution >= 0.6 is 11.3 Å². The zero-order valence-corrected chi connectivity index (χ0v) is 16.5. The van der Waals surface area contributed by atoms with Crippen LogP contribution in [-0.2, 0) is 12.5 Å². The molecule has 0 bridgehead atoms. The zero-order chi connectivity index (χ0) is 22.7. The van der Waals surface area contributed by atoms with Crippen molar-refractivity contribution in [1.29, 1.82) is 0 Å². The Kier molecular flexibility index (Phi) is 4.49. The fourth-order valence-electron chi connectivity index (χ4n) is 3.23. The Morgan fingerprint density at radius 3 is 2.56 bits per heavy atom. The normalized spacial score (nSPS) is 12.8. The van der Waals surface area contributed by atoms with E-state index in [9.17, 15) is 27.1 Å². The van der Waals surface area contributed by atoms with Crippen molar-refractivity contribution >= 4 is 28.0 Å². The maximum absolute atomic E-state index is 14.3. The first-order valence-electron chi connectivity index (χ1n) is 8.92. The highest BCUT2D eigenvalue weighted by molar-refractivity contribution is 7.13. The van der Waals surface area contributed by atoms with Crippen LogP contribution in [0, 0.1) is 0 Å². The monoisotopic (exact) mass is 467 g/mol. The zero-order valence-electron chi connectivity index (χ0n) is 15.6. The summed E-state index contributed by atoms with van der Waals surface area (Å²) in [6.45, 7) is -0.301. The molecule has 0 radical (unpaired) electrons. The van der Waals surface area contributed by atoms with Gasteiger partial charge in [-0.25, -0.2) is 9.97 Å². The molecule has 1 N–H and O–H groups in total. The minimum atomic E-state index is -5.84. The minimum Gasteiger partial charge on any atom is -0.422 e. The van der Waals surface area contributed by atoms with Gasteiger partial charge in [0.05, 0.1) is 6.61 Å². The molecule has 0 amide bonds. The second-order valence-electron chi connectivity index (χ2n) is 6.77. The van der Waals surface area contributed by atoms with Crippen molar-refractivity contribution in [2.45, 2.75) is 18.7 Å². The van der Waals surface area contributed by atoms with Crippen LogP contribution in [0.1, 0.15) is 11.3 Å². The highest BCUT2D eigenvalue weighted by atomic mass is 32.1. The minimum absolute atomic E-state index is 0.0460. The molecule has 0 aliphatic rings. The molecule has 5 aromatic heterocycles. The van der Waals surface area contributed by atoms with E-state index in [0.717, 1.165) is 23.8 Å². The average molecular weight is 467 g/mol. The number of nitrogens with zero attached hydrogens (tertiary/aromatic N) is 5. The Balaban J connectivity index is 1.84. The summed E-state index contributed by atoms with van der Waals surface area (Å²) in [5, 5.41) is 18.5. The van der Waals surface area contributed by atoms with Crippen LogP contribution in [0.25, 0.3) is 38.7 Å². The van der Waals surface area contributed by atoms with Gasteiger partial charge >= 0.3 is 12.1 Å². The summed E-state index contributed by atoms with van der Waals surface area (Å²) in [4.78, 5) is 8.34. The summed E-state index contributed by atoms with van der Waals surface area (Å²) in [5.74, 6) is -5.14. The summed E-state index contributed by atoms with van der Waals surface area (Å²) in [5.41, 5.74) is -0.554. The van der Waals surface area contributed by atoms with Crippen LogP contribution in [0.5, 0.6) is 0 Å². The first-order valence-corrected chi connectivity index (χ1v) is 9.80. The smallest absolute Gasteiger partial charge is 0.422 e. The molecule has 0 aliphatic carbocycles. The Labute approximate surface area is 178 Å². The molecule has 7 nitrogen and oxygen atoms in total. The highest BCUT2D eigenvalue weighted by Gasteiger charge is 2.60. The third kappa shape index (κ3) is 3.12. The van der Waals surface area contributed by atoms with Crippen LogP contribution in [0.2, 0.25) is 0 Å². The molecule has 164 valence electrons. The van der Waals surface area contributed by atoms with E-state index in [2.05, 4.69) is 20.2 Å². The van der Waals surface area contributed by atoms with Gasteiger partial charge in [0, 0.05) is 22.0 Å². The Morgan fingerprint density at radius 1 is 1.09 bits per heavy atom. The highest BCUT2D eigenvalue weighted by Crippen LogP contribution is 2.45. The summed E-state index contributed by atoms with van der Waals surface area (Å²) < 4.78 is 74.4. The van der Waals surface area contributed by atoms with Crippen molar-refractivity contribution in [3.63, 3.8) is 0 Å². The maximum atomic E-state index is 14.3. The fourth-order valence-corrected chi connectivity index (χ4v) is 4.16. The van der Waals surface area contributed by atoms with Gasteiger partial charge in [0.1, 0.15) is 22.7 Å². The molecule has 32 heavy (non-hydrogen) atoms. The molecule has 5 rings (SSSR count). The van der Waals surface area contributed by atoms with Crippen LogP contribution in [0.3, 0.4) is 0 Å². The third-order valence-electron chi connectivity index (χ3n) is 4.76. The van der Waals surface area contributed by atoms with Gasteiger partial charge in [0.25, 0.3) is 5.89 Å². The van der Waals surface area contributed by atoms with E-state index in [-0.39, 0.29) is 35.0 Å². The first-order chi connectivity index (χ1) is 15.2. The molecule has 0 saturated heterocycles. The van der Waals surface area contributed by atoms with E-state index in [4.69, 9.17) is 4.42 Å². The number of halogens is 5. The molecule has 0 atom stereocenters. The van der Waals surface area contributed by atoms with Crippen molar-refractivity contribution in [3.8, 4) is 22.0 Å². The second kappa shape index (κ2) is 7.03. The van der Waals surface area contributed by atoms with E-state index >= 15 is 0 Å². The molecule has 5 heterocycles. The van der Waals surface area contributed by atoms with Gasteiger partial charge in [0.2, 0.25) is 6.39 Å². The van der Waals surface area contributed by atoms with Crippen molar-refractivity contribution < 1.29 is 31.5 Å². The predicted molar refractivity (Wildman–Crippen MR) is 103 cm³/mol. The van der Waals surface area contributed by atoms with E-state index < -0.39 is 17.8 Å². The number of pyridine rings is 2. The third-order valence-corrected chi connectivity index (χ3v) is 5.77. The molecule has 13 heteroatoms. The molecule has 0 spiro atoms. The molecule has 0 aromatic carbocycles. The van der Waals surface area contributed by atoms with Crippen molar-refractivity contribution in [3.05, 3.63) is 53.5 Å². The Hall–Kier alpha value is -3.45. The SMILES string of the molecule is OCc1csc(-c2cc(C(F)(F)C(F)(F)F)nc3c2ccc2nc(-c4nnco4)cn23)c1. The van der Waals surface area contributed by atoms with E-state index in [0.29, 0.717) is 15.8 Å². The largest absolute Gasteiger partial charge is 0.459 e. The van der Waals surface area contributed by atoms with Gasteiger partial charge in [-0.05, 0) is 35.2 Å². The quantitative estimate of drug-likeness (QED) is 0.382. The molecule has 5 aromatic rings. The van der Waals surface area contributed by atoms with Crippen LogP contribution in [0.4, 0.5) is 22.0 Å². The van der Waals surface area contributed by atoms with Gasteiger partial charge in [-0.1, -0.05) is 0 Å². The summed E-state index contributed by atoms with van der Waals surface area (Å²) in [6, 6.07) is 5.35. The number of hydrogen-bond acceptors (Lipinski definition) is 7. The number of rotatable bonds is 4. The lowest BCUT2D eigenvalue weighted by Gasteiger charge is -2.20. The van der Waals surface area contributed by atoms with Gasteiger partial charge in [-0.2, -0.15) is 22.0 Å². The lowest BCUT2D eigenvalue weighted by atomic mass is 10.1. The maximum Gasteiger partial charge on any atom is 0.459 e. The van der Waals surface area contributed by atoms with Crippen molar-refractivity contribution in [2.24, 2.45) is 0 Å². The fraction of sp³-hybridized carbons (Fsp3) is 0.158. The van der Waals surface area contributed by atoms with E-state index in [1.54, 1.807) is 11.4 Å².